The number of phenolic OH excluding ortho intramolecular Hbond substituents is 1. The van der Waals surface area contributed by atoms with Crippen molar-refractivity contribution in [1.29, 1.82) is 0 Å². The Morgan fingerprint density at radius 3 is 1.67 bits per heavy atom. The Bertz CT molecular complexity index is 1230. The van der Waals surface area contributed by atoms with Crippen molar-refractivity contribution >= 4 is 11.9 Å². The predicted molar refractivity (Wildman–Crippen MR) is 192 cm³/mol. The molecule has 1 aromatic carbocycles. The van der Waals surface area contributed by atoms with Gasteiger partial charge in [-0.05, 0) is 135 Å². The van der Waals surface area contributed by atoms with Gasteiger partial charge in [-0.3, -0.25) is 9.59 Å². The number of fused-ring (bicyclic) bond motifs is 3. The van der Waals surface area contributed by atoms with Crippen molar-refractivity contribution < 1.29 is 30.0 Å². The van der Waals surface area contributed by atoms with E-state index >= 15 is 0 Å². The number of hydrogen-bond acceptors (Lipinski definition) is 4. The van der Waals surface area contributed by atoms with Gasteiger partial charge < -0.3 is 20.4 Å². The summed E-state index contributed by atoms with van der Waals surface area (Å²) in [4.78, 5) is 21.5. The van der Waals surface area contributed by atoms with E-state index in [1.165, 1.54) is 93.7 Å². The molecule has 48 heavy (non-hydrogen) atoms. The van der Waals surface area contributed by atoms with Crippen LogP contribution in [0.2, 0.25) is 0 Å². The average molecular weight is 667 g/mol. The number of rotatable bonds is 22. The summed E-state index contributed by atoms with van der Waals surface area (Å²) < 4.78 is 0. The minimum atomic E-state index is -0.692. The van der Waals surface area contributed by atoms with Gasteiger partial charge in [0, 0.05) is 18.3 Å². The molecular weight excluding hydrogens is 600 g/mol. The lowest BCUT2D eigenvalue weighted by Crippen LogP contribution is -2.52. The quantitative estimate of drug-likeness (QED) is 0.0916. The van der Waals surface area contributed by atoms with Crippen LogP contribution < -0.4 is 0 Å². The third kappa shape index (κ3) is 7.94. The number of phenols is 1. The summed E-state index contributed by atoms with van der Waals surface area (Å²) in [5, 5.41) is 40.9. The number of aliphatic hydroxyl groups is 1. The lowest BCUT2D eigenvalue weighted by Gasteiger charge is -2.57. The second kappa shape index (κ2) is 16.8. The molecular formula is C42H66O6. The van der Waals surface area contributed by atoms with Gasteiger partial charge in [0.25, 0.3) is 0 Å². The molecule has 0 aromatic heterocycles. The zero-order chi connectivity index (χ0) is 34.2. The first-order valence-electron chi connectivity index (χ1n) is 20.1. The van der Waals surface area contributed by atoms with Crippen LogP contribution in [0.5, 0.6) is 5.75 Å². The number of carboxylic acid groups (broad SMARTS) is 2. The molecule has 5 rings (SSSR count). The largest absolute Gasteiger partial charge is 0.508 e. The molecule has 3 atom stereocenters. The molecule has 1 aromatic rings. The van der Waals surface area contributed by atoms with Crippen molar-refractivity contribution in [3.63, 3.8) is 0 Å². The Labute approximate surface area is 290 Å². The van der Waals surface area contributed by atoms with Crippen LogP contribution in [0.3, 0.4) is 0 Å². The van der Waals surface area contributed by atoms with Crippen LogP contribution in [0.4, 0.5) is 0 Å². The highest BCUT2D eigenvalue weighted by molar-refractivity contribution is 5.66. The molecule has 270 valence electrons. The number of unbranched alkanes of at least 4 members (excludes halogenated alkanes) is 14. The minimum Gasteiger partial charge on any atom is -0.508 e. The number of hydrogen-bond donors (Lipinski definition) is 4. The average Bonchev–Trinajstić information content (AvgIpc) is 3.43. The highest BCUT2D eigenvalue weighted by Crippen LogP contribution is 2.77. The molecule has 0 aliphatic heterocycles. The highest BCUT2D eigenvalue weighted by Gasteiger charge is 2.73. The van der Waals surface area contributed by atoms with Gasteiger partial charge in [-0.25, -0.2) is 0 Å². The van der Waals surface area contributed by atoms with Gasteiger partial charge in [-0.2, -0.15) is 0 Å². The maximum Gasteiger partial charge on any atom is 0.303 e. The molecule has 4 aliphatic rings. The number of carboxylic acids is 2. The van der Waals surface area contributed by atoms with E-state index in [1.807, 2.05) is 0 Å². The summed E-state index contributed by atoms with van der Waals surface area (Å²) in [7, 11) is 0. The van der Waals surface area contributed by atoms with Gasteiger partial charge in [0.15, 0.2) is 0 Å². The second-order valence-corrected chi connectivity index (χ2v) is 16.7. The molecule has 6 nitrogen and oxygen atoms in total. The molecule has 0 heterocycles. The Morgan fingerprint density at radius 1 is 0.667 bits per heavy atom. The van der Waals surface area contributed by atoms with Crippen LogP contribution in [-0.4, -0.2) is 38.0 Å². The third-order valence-corrected chi connectivity index (χ3v) is 14.1. The van der Waals surface area contributed by atoms with Gasteiger partial charge in [0.1, 0.15) is 5.75 Å². The fraction of sp³-hybridized carbons (Fsp3) is 0.810. The van der Waals surface area contributed by atoms with E-state index in [2.05, 4.69) is 13.0 Å². The van der Waals surface area contributed by atoms with Crippen molar-refractivity contribution in [3.8, 4) is 5.75 Å². The molecule has 4 aliphatic carbocycles. The van der Waals surface area contributed by atoms with Crippen LogP contribution in [0.1, 0.15) is 196 Å². The summed E-state index contributed by atoms with van der Waals surface area (Å²) in [6, 6.07) is 2.15. The monoisotopic (exact) mass is 666 g/mol. The Morgan fingerprint density at radius 2 is 1.15 bits per heavy atom. The fourth-order valence-corrected chi connectivity index (χ4v) is 11.5. The van der Waals surface area contributed by atoms with Gasteiger partial charge in [0.05, 0.1) is 5.60 Å². The van der Waals surface area contributed by atoms with Crippen LogP contribution >= 0.6 is 0 Å². The first-order valence-corrected chi connectivity index (χ1v) is 20.1. The predicted octanol–water partition coefficient (Wildman–Crippen LogP) is 10.4. The Hall–Kier alpha value is -2.08. The van der Waals surface area contributed by atoms with E-state index < -0.39 is 17.5 Å². The molecule has 0 amide bonds. The van der Waals surface area contributed by atoms with Gasteiger partial charge in [-0.15, -0.1) is 0 Å². The molecule has 3 fully saturated rings. The summed E-state index contributed by atoms with van der Waals surface area (Å²) in [5.41, 5.74) is 5.59. The molecule has 0 unspecified atom stereocenters. The zero-order valence-corrected chi connectivity index (χ0v) is 30.1. The van der Waals surface area contributed by atoms with Crippen molar-refractivity contribution in [3.05, 3.63) is 28.3 Å². The van der Waals surface area contributed by atoms with Gasteiger partial charge >= 0.3 is 11.9 Å². The molecule has 0 radical (unpaired) electrons. The SMILES string of the molecule is C[C@]12CC[C@@H]3c4c(cc(O)c(CCCCCCCCCCC(=O)O)c4CCCCCCCCCCC(=O)O)CC[C@H]3C13CCC2(O)CC3. The first-order chi connectivity index (χ1) is 23.1. The highest BCUT2D eigenvalue weighted by atomic mass is 16.4. The minimum absolute atomic E-state index is 0.0580. The Kier molecular flexibility index (Phi) is 13.0. The van der Waals surface area contributed by atoms with E-state index in [0.29, 0.717) is 17.6 Å². The van der Waals surface area contributed by atoms with Crippen LogP contribution in [0.15, 0.2) is 6.07 Å². The second-order valence-electron chi connectivity index (χ2n) is 16.7. The summed E-state index contributed by atoms with van der Waals surface area (Å²) in [6.07, 6.45) is 29.1. The number of carbonyl (C=O) groups is 2. The fourth-order valence-electron chi connectivity index (χ4n) is 11.5. The first kappa shape index (κ1) is 37.2. The van der Waals surface area contributed by atoms with Crippen LogP contribution in [0.25, 0.3) is 0 Å². The zero-order valence-electron chi connectivity index (χ0n) is 30.1. The topological polar surface area (TPSA) is 115 Å². The normalized spacial score (nSPS) is 28.6. The number of aryl methyl sites for hydroxylation is 1. The maximum atomic E-state index is 11.7. The van der Waals surface area contributed by atoms with E-state index in [0.717, 1.165) is 89.9 Å². The summed E-state index contributed by atoms with van der Waals surface area (Å²) in [5.74, 6) is 0.350. The molecule has 0 spiro atoms. The summed E-state index contributed by atoms with van der Waals surface area (Å²) >= 11 is 0. The standard InChI is InChI=1S/C42H66O6/c1-40-25-24-34-35(41(40)26-28-42(40,48)29-27-41)23-22-31-30-36(43)32(18-14-10-6-2-4-8-12-16-20-37(44)45)33(39(31)34)19-15-11-7-3-5-9-13-17-21-38(46)47/h30,34-35,43,48H,2-29H2,1H3,(H,44,45)(H,46,47)/t34-,35+,40-,41?,42?/m0/s1. The molecule has 3 saturated carbocycles. The van der Waals surface area contributed by atoms with Gasteiger partial charge in [0.2, 0.25) is 0 Å². The van der Waals surface area contributed by atoms with Crippen molar-refractivity contribution in [2.24, 2.45) is 16.7 Å². The van der Waals surface area contributed by atoms with Crippen molar-refractivity contribution in [2.75, 3.05) is 0 Å². The molecule has 0 saturated heterocycles. The Balaban J connectivity index is 1.22. The maximum absolute atomic E-state index is 11.7. The lowest BCUT2D eigenvalue weighted by atomic mass is 9.47. The lowest BCUT2D eigenvalue weighted by molar-refractivity contribution is -0.138. The summed E-state index contributed by atoms with van der Waals surface area (Å²) in [6.45, 7) is 2.43. The smallest absolute Gasteiger partial charge is 0.303 e. The number of aromatic hydroxyl groups is 1. The van der Waals surface area contributed by atoms with Crippen molar-refractivity contribution in [2.45, 2.75) is 198 Å². The van der Waals surface area contributed by atoms with Crippen LogP contribution in [0, 0.1) is 16.7 Å². The molecule has 2 bridgehead atoms. The van der Waals surface area contributed by atoms with E-state index in [1.54, 1.807) is 5.56 Å². The van der Waals surface area contributed by atoms with Crippen molar-refractivity contribution in [1.82, 2.24) is 0 Å². The number of aliphatic carboxylic acids is 2. The third-order valence-electron chi connectivity index (χ3n) is 14.1. The van der Waals surface area contributed by atoms with Gasteiger partial charge in [-0.1, -0.05) is 84.0 Å². The van der Waals surface area contributed by atoms with E-state index in [9.17, 15) is 19.8 Å². The van der Waals surface area contributed by atoms with E-state index in [4.69, 9.17) is 10.2 Å². The van der Waals surface area contributed by atoms with E-state index in [-0.39, 0.29) is 23.7 Å². The van der Waals surface area contributed by atoms with Crippen LogP contribution in [-0.2, 0) is 28.9 Å². The molecule has 6 heteroatoms. The molecule has 4 N–H and O–H groups in total. The number of benzene rings is 1.